The van der Waals surface area contributed by atoms with E-state index >= 15 is 0 Å². The maximum atomic E-state index is 12.8. The maximum Gasteiger partial charge on any atom is 0.344 e. The predicted octanol–water partition coefficient (Wildman–Crippen LogP) is 4.42. The van der Waals surface area contributed by atoms with Crippen molar-refractivity contribution in [1.29, 1.82) is 0 Å². The van der Waals surface area contributed by atoms with Gasteiger partial charge in [0.05, 0.1) is 27.3 Å². The molecule has 0 radical (unpaired) electrons. The third kappa shape index (κ3) is 4.57. The molecule has 3 rings (SSSR count). The van der Waals surface area contributed by atoms with E-state index in [-0.39, 0.29) is 39.2 Å². The van der Waals surface area contributed by atoms with Crippen LogP contribution in [0.2, 0.25) is 5.02 Å². The van der Waals surface area contributed by atoms with Gasteiger partial charge in [-0.2, -0.15) is 4.99 Å². The fourth-order valence-electron chi connectivity index (χ4n) is 3.02. The number of nitrogens with zero attached hydrogens (tertiary/aromatic N) is 3. The molecule has 32 heavy (non-hydrogen) atoms. The molecule has 0 unspecified atom stereocenters. The van der Waals surface area contributed by atoms with E-state index in [4.69, 9.17) is 16.3 Å². The second-order valence-corrected chi connectivity index (χ2v) is 7.49. The Morgan fingerprint density at radius 2 is 1.84 bits per heavy atom. The number of carbonyl (C=O) groups is 2. The molecule has 1 amide bonds. The number of esters is 1. The Kier molecular flexibility index (Phi) is 6.50. The van der Waals surface area contributed by atoms with Crippen molar-refractivity contribution in [1.82, 2.24) is 0 Å². The Bertz CT molecular complexity index is 1230. The molecule has 1 aliphatic heterocycles. The lowest BCUT2D eigenvalue weighted by atomic mass is 9.99. The molecular weight excluding hydrogens is 438 g/mol. The highest BCUT2D eigenvalue weighted by Crippen LogP contribution is 2.27. The van der Waals surface area contributed by atoms with Crippen molar-refractivity contribution in [3.05, 3.63) is 85.6 Å². The molecule has 1 aliphatic rings. The Morgan fingerprint density at radius 3 is 2.44 bits per heavy atom. The summed E-state index contributed by atoms with van der Waals surface area (Å²) in [5, 5.41) is 21.2. The summed E-state index contributed by atoms with van der Waals surface area (Å²) in [6.45, 7) is 4.66. The number of ether oxygens (including phenoxy) is 1. The molecule has 1 heterocycles. The number of hydrogen-bond acceptors (Lipinski definition) is 6. The van der Waals surface area contributed by atoms with Crippen LogP contribution in [0.15, 0.2) is 63.8 Å². The lowest BCUT2D eigenvalue weighted by Crippen LogP contribution is -2.21. The first-order valence-corrected chi connectivity index (χ1v) is 9.84. The Morgan fingerprint density at radius 1 is 1.19 bits per heavy atom. The van der Waals surface area contributed by atoms with Crippen molar-refractivity contribution in [2.45, 2.75) is 26.9 Å². The van der Waals surface area contributed by atoms with Gasteiger partial charge in [-0.1, -0.05) is 35.9 Å². The van der Waals surface area contributed by atoms with Crippen LogP contribution in [0.3, 0.4) is 0 Å². The second kappa shape index (κ2) is 9.11. The summed E-state index contributed by atoms with van der Waals surface area (Å²) in [6.07, 6.45) is -0.431. The number of fused-ring (bicyclic) bond motifs is 1. The number of allylic oxidation sites excluding steroid dienone is 1. The molecule has 0 atom stereocenters. The SMILES string of the molecule is CC(O)=C(C(=O)OC(C)C)C1=NC(=NC(=O)c2cc([N+](=O)[O-])ccc2Cl)c2ccccc21. The zero-order valence-corrected chi connectivity index (χ0v) is 18.1. The van der Waals surface area contributed by atoms with Gasteiger partial charge >= 0.3 is 5.97 Å². The molecule has 0 aliphatic carbocycles. The molecule has 10 heteroatoms. The molecule has 2 aromatic carbocycles. The van der Waals surface area contributed by atoms with Gasteiger partial charge in [0.1, 0.15) is 11.3 Å². The first-order valence-electron chi connectivity index (χ1n) is 9.46. The van der Waals surface area contributed by atoms with Crippen LogP contribution < -0.4 is 0 Å². The fourth-order valence-corrected chi connectivity index (χ4v) is 3.22. The van der Waals surface area contributed by atoms with E-state index in [2.05, 4.69) is 9.98 Å². The number of nitro groups is 1. The first kappa shape index (κ1) is 22.8. The van der Waals surface area contributed by atoms with E-state index in [1.807, 2.05) is 0 Å². The molecule has 2 aromatic rings. The number of aliphatic imine (C=N–C) groups is 2. The summed E-state index contributed by atoms with van der Waals surface area (Å²) < 4.78 is 5.21. The largest absolute Gasteiger partial charge is 0.512 e. The lowest BCUT2D eigenvalue weighted by Gasteiger charge is -2.12. The topological polar surface area (TPSA) is 131 Å². The number of amides is 1. The maximum absolute atomic E-state index is 12.8. The van der Waals surface area contributed by atoms with Gasteiger partial charge in [0.15, 0.2) is 5.84 Å². The molecule has 164 valence electrons. The van der Waals surface area contributed by atoms with Crippen LogP contribution in [0.1, 0.15) is 42.3 Å². The molecular formula is C22H18ClN3O6. The summed E-state index contributed by atoms with van der Waals surface area (Å²) in [7, 11) is 0. The van der Waals surface area contributed by atoms with Crippen molar-refractivity contribution < 1.29 is 24.4 Å². The molecule has 0 saturated heterocycles. The highest BCUT2D eigenvalue weighted by atomic mass is 35.5. The van der Waals surface area contributed by atoms with Crippen molar-refractivity contribution in [2.75, 3.05) is 0 Å². The number of benzene rings is 2. The van der Waals surface area contributed by atoms with Crippen LogP contribution in [-0.2, 0) is 9.53 Å². The predicted molar refractivity (Wildman–Crippen MR) is 119 cm³/mol. The van der Waals surface area contributed by atoms with Gasteiger partial charge in [0, 0.05) is 23.3 Å². The average Bonchev–Trinajstić information content (AvgIpc) is 3.05. The number of amidine groups is 1. The Labute approximate surface area is 187 Å². The molecule has 1 N–H and O–H groups in total. The highest BCUT2D eigenvalue weighted by molar-refractivity contribution is 6.37. The zero-order chi connectivity index (χ0) is 23.6. The molecule has 0 bridgehead atoms. The van der Waals surface area contributed by atoms with Crippen molar-refractivity contribution in [2.24, 2.45) is 9.98 Å². The minimum atomic E-state index is -0.843. The van der Waals surface area contributed by atoms with Gasteiger partial charge in [-0.25, -0.2) is 9.79 Å². The van der Waals surface area contributed by atoms with E-state index in [0.717, 1.165) is 6.07 Å². The van der Waals surface area contributed by atoms with Crippen LogP contribution in [0.5, 0.6) is 0 Å². The van der Waals surface area contributed by atoms with E-state index < -0.39 is 22.9 Å². The number of aliphatic hydroxyl groups is 1. The molecule has 0 spiro atoms. The lowest BCUT2D eigenvalue weighted by molar-refractivity contribution is -0.384. The van der Waals surface area contributed by atoms with E-state index in [1.54, 1.807) is 38.1 Å². The van der Waals surface area contributed by atoms with Crippen molar-refractivity contribution >= 4 is 40.7 Å². The van der Waals surface area contributed by atoms with Gasteiger partial charge in [0.25, 0.3) is 11.6 Å². The van der Waals surface area contributed by atoms with E-state index in [9.17, 15) is 24.8 Å². The van der Waals surface area contributed by atoms with E-state index in [1.165, 1.54) is 19.1 Å². The number of carbonyl (C=O) groups excluding carboxylic acids is 2. The van der Waals surface area contributed by atoms with Gasteiger partial charge < -0.3 is 9.84 Å². The van der Waals surface area contributed by atoms with Crippen LogP contribution in [0.4, 0.5) is 5.69 Å². The molecule has 9 nitrogen and oxygen atoms in total. The average molecular weight is 456 g/mol. The van der Waals surface area contributed by atoms with Gasteiger partial charge in [-0.05, 0) is 26.8 Å². The highest BCUT2D eigenvalue weighted by Gasteiger charge is 2.31. The summed E-state index contributed by atoms with van der Waals surface area (Å²) >= 11 is 6.04. The van der Waals surface area contributed by atoms with Gasteiger partial charge in [-0.3, -0.25) is 14.9 Å². The van der Waals surface area contributed by atoms with Crippen LogP contribution in [-0.4, -0.2) is 39.6 Å². The molecule has 0 fully saturated rings. The van der Waals surface area contributed by atoms with Gasteiger partial charge in [0.2, 0.25) is 0 Å². The number of nitro benzene ring substituents is 1. The summed E-state index contributed by atoms with van der Waals surface area (Å²) in [5.74, 6) is -1.95. The smallest absolute Gasteiger partial charge is 0.344 e. The number of aliphatic hydroxyl groups excluding tert-OH is 1. The van der Waals surface area contributed by atoms with Crippen LogP contribution in [0.25, 0.3) is 0 Å². The quantitative estimate of drug-likeness (QED) is 0.233. The zero-order valence-electron chi connectivity index (χ0n) is 17.3. The first-order chi connectivity index (χ1) is 15.1. The Balaban J connectivity index is 2.11. The minimum Gasteiger partial charge on any atom is -0.512 e. The standard InChI is InChI=1S/C22H18ClN3O6/c1-11(2)32-22(29)18(12(3)27)19-14-6-4-5-7-15(14)20(24-19)25-21(28)16-10-13(26(30)31)8-9-17(16)23/h4-11,27H,1-3H3. The van der Waals surface area contributed by atoms with Crippen LogP contribution in [0, 0.1) is 10.1 Å². The number of rotatable bonds is 5. The number of hydrogen-bond donors (Lipinski definition) is 1. The summed E-state index contributed by atoms with van der Waals surface area (Å²) in [4.78, 5) is 44.0. The van der Waals surface area contributed by atoms with Crippen LogP contribution >= 0.6 is 11.6 Å². The van der Waals surface area contributed by atoms with Crippen molar-refractivity contribution in [3.63, 3.8) is 0 Å². The third-order valence-corrected chi connectivity index (χ3v) is 4.71. The summed E-state index contributed by atoms with van der Waals surface area (Å²) in [6, 6.07) is 10.1. The second-order valence-electron chi connectivity index (χ2n) is 7.08. The fraction of sp³-hybridized carbons (Fsp3) is 0.182. The normalized spacial score (nSPS) is 14.7. The number of non-ortho nitro benzene ring substituents is 1. The Hall–Kier alpha value is -3.85. The third-order valence-electron chi connectivity index (χ3n) is 4.38. The van der Waals surface area contributed by atoms with Crippen molar-refractivity contribution in [3.8, 4) is 0 Å². The molecule has 0 aromatic heterocycles. The number of halogens is 1. The van der Waals surface area contributed by atoms with Gasteiger partial charge in [-0.15, -0.1) is 0 Å². The molecule has 0 saturated carbocycles. The monoisotopic (exact) mass is 455 g/mol. The summed E-state index contributed by atoms with van der Waals surface area (Å²) in [5.41, 5.74) is 0.372. The van der Waals surface area contributed by atoms with E-state index in [0.29, 0.717) is 11.1 Å². The minimum absolute atomic E-state index is 0.00673.